The van der Waals surface area contributed by atoms with Crippen LogP contribution in [0.4, 0.5) is 0 Å². The Morgan fingerprint density at radius 3 is 2.59 bits per heavy atom. The zero-order valence-corrected chi connectivity index (χ0v) is 12.1. The van der Waals surface area contributed by atoms with Gasteiger partial charge in [-0.2, -0.15) is 0 Å². The van der Waals surface area contributed by atoms with Crippen molar-refractivity contribution in [2.45, 2.75) is 25.3 Å². The maximum absolute atomic E-state index is 5.51. The lowest BCUT2D eigenvalue weighted by Crippen LogP contribution is -2.33. The molecule has 1 atom stereocenters. The molecule has 1 unspecified atom stereocenters. The lowest BCUT2D eigenvalue weighted by Gasteiger charge is -2.28. The number of ether oxygens (including phenoxy) is 2. The van der Waals surface area contributed by atoms with Gasteiger partial charge < -0.3 is 14.8 Å². The highest BCUT2D eigenvalue weighted by atomic mass is 79.9. The van der Waals surface area contributed by atoms with Crippen molar-refractivity contribution in [3.05, 3.63) is 22.2 Å². The molecule has 4 heteroatoms. The number of benzene rings is 1. The maximum Gasteiger partial charge on any atom is 0.138 e. The van der Waals surface area contributed by atoms with Crippen molar-refractivity contribution >= 4 is 15.9 Å². The van der Waals surface area contributed by atoms with Crippen LogP contribution in [0.25, 0.3) is 0 Å². The third-order valence-corrected chi connectivity index (χ3v) is 4.01. The summed E-state index contributed by atoms with van der Waals surface area (Å²) in [6.07, 6.45) is 2.30. The van der Waals surface area contributed by atoms with Gasteiger partial charge in [-0.15, -0.1) is 0 Å². The number of hydrogen-bond donors (Lipinski definition) is 1. The van der Waals surface area contributed by atoms with Gasteiger partial charge in [-0.25, -0.2) is 0 Å². The molecule has 0 amide bonds. The maximum atomic E-state index is 5.51. The highest BCUT2D eigenvalue weighted by Crippen LogP contribution is 2.42. The Morgan fingerprint density at radius 2 is 2.06 bits per heavy atom. The van der Waals surface area contributed by atoms with Crippen molar-refractivity contribution in [2.75, 3.05) is 20.8 Å². The molecule has 1 aromatic carbocycles. The molecule has 1 saturated heterocycles. The van der Waals surface area contributed by atoms with Gasteiger partial charge in [0, 0.05) is 11.1 Å². The number of halogens is 1. The molecule has 0 bridgehead atoms. The van der Waals surface area contributed by atoms with E-state index >= 15 is 0 Å². The zero-order valence-electron chi connectivity index (χ0n) is 10.5. The van der Waals surface area contributed by atoms with Crippen molar-refractivity contribution < 1.29 is 9.47 Å². The number of methoxy groups -OCH3 is 2. The fraction of sp³-hybridized carbons (Fsp3) is 0.538. The second-order valence-electron chi connectivity index (χ2n) is 4.55. The topological polar surface area (TPSA) is 30.5 Å². The van der Waals surface area contributed by atoms with E-state index in [0.29, 0.717) is 0 Å². The third kappa shape index (κ3) is 2.29. The number of hydrogen-bond acceptors (Lipinski definition) is 3. The molecule has 1 heterocycles. The third-order valence-electron chi connectivity index (χ3n) is 3.42. The Hall–Kier alpha value is -0.740. The first-order valence-electron chi connectivity index (χ1n) is 5.78. The standard InChI is InChI=1S/C13H18BrNO2/c1-13(5-4-6-15-13)10-7-9(16-2)8-11(14)12(10)17-3/h7-8,15H,4-6H2,1-3H3. The lowest BCUT2D eigenvalue weighted by molar-refractivity contribution is 0.362. The van der Waals surface area contributed by atoms with Gasteiger partial charge in [-0.05, 0) is 54.4 Å². The first-order valence-corrected chi connectivity index (χ1v) is 6.57. The molecule has 1 aliphatic heterocycles. The molecular formula is C13H18BrNO2. The van der Waals surface area contributed by atoms with E-state index in [1.54, 1.807) is 14.2 Å². The van der Waals surface area contributed by atoms with Crippen molar-refractivity contribution in [1.82, 2.24) is 5.32 Å². The molecule has 94 valence electrons. The summed E-state index contributed by atoms with van der Waals surface area (Å²) in [4.78, 5) is 0. The molecule has 0 spiro atoms. The van der Waals surface area contributed by atoms with Gasteiger partial charge in [0.15, 0.2) is 0 Å². The average Bonchev–Trinajstić information content (AvgIpc) is 2.76. The van der Waals surface area contributed by atoms with Gasteiger partial charge in [0.25, 0.3) is 0 Å². The van der Waals surface area contributed by atoms with Crippen LogP contribution < -0.4 is 14.8 Å². The smallest absolute Gasteiger partial charge is 0.138 e. The monoisotopic (exact) mass is 299 g/mol. The summed E-state index contributed by atoms with van der Waals surface area (Å²) in [6.45, 7) is 3.26. The van der Waals surface area contributed by atoms with Crippen molar-refractivity contribution in [3.63, 3.8) is 0 Å². The first-order chi connectivity index (χ1) is 8.10. The Kier molecular flexibility index (Phi) is 3.64. The fourth-order valence-corrected chi connectivity index (χ4v) is 3.03. The Bertz CT molecular complexity index is 414. The van der Waals surface area contributed by atoms with Gasteiger partial charge >= 0.3 is 0 Å². The van der Waals surface area contributed by atoms with E-state index in [4.69, 9.17) is 9.47 Å². The van der Waals surface area contributed by atoms with Gasteiger partial charge in [-0.1, -0.05) is 0 Å². The molecule has 1 aromatic rings. The van der Waals surface area contributed by atoms with E-state index in [9.17, 15) is 0 Å². The summed E-state index contributed by atoms with van der Waals surface area (Å²) in [5, 5.41) is 3.55. The average molecular weight is 300 g/mol. The second kappa shape index (κ2) is 4.86. The fourth-order valence-electron chi connectivity index (χ4n) is 2.43. The molecule has 0 aliphatic carbocycles. The molecule has 2 rings (SSSR count). The van der Waals surface area contributed by atoms with E-state index < -0.39 is 0 Å². The zero-order chi connectivity index (χ0) is 12.5. The van der Waals surface area contributed by atoms with Crippen LogP contribution in [-0.4, -0.2) is 20.8 Å². The Morgan fingerprint density at radius 1 is 1.29 bits per heavy atom. The SMILES string of the molecule is COc1cc(Br)c(OC)c(C2(C)CCCN2)c1. The molecule has 0 radical (unpaired) electrons. The minimum atomic E-state index is -0.0254. The van der Waals surface area contributed by atoms with Crippen LogP contribution in [0, 0.1) is 0 Å². The van der Waals surface area contributed by atoms with Crippen LogP contribution in [0.15, 0.2) is 16.6 Å². The van der Waals surface area contributed by atoms with Gasteiger partial charge in [0.05, 0.1) is 18.7 Å². The normalized spacial score (nSPS) is 23.8. The summed E-state index contributed by atoms with van der Waals surface area (Å²) in [5.41, 5.74) is 1.13. The minimum absolute atomic E-state index is 0.0254. The van der Waals surface area contributed by atoms with Crippen molar-refractivity contribution in [2.24, 2.45) is 0 Å². The van der Waals surface area contributed by atoms with E-state index in [-0.39, 0.29) is 5.54 Å². The number of nitrogens with one attached hydrogen (secondary N) is 1. The van der Waals surface area contributed by atoms with Crippen LogP contribution in [0.3, 0.4) is 0 Å². The highest BCUT2D eigenvalue weighted by molar-refractivity contribution is 9.10. The van der Waals surface area contributed by atoms with Gasteiger partial charge in [-0.3, -0.25) is 0 Å². The molecule has 0 saturated carbocycles. The number of rotatable bonds is 3. The molecule has 1 fully saturated rings. The van der Waals surface area contributed by atoms with E-state index in [1.807, 2.05) is 6.07 Å². The van der Waals surface area contributed by atoms with Crippen molar-refractivity contribution in [3.8, 4) is 11.5 Å². The largest absolute Gasteiger partial charge is 0.497 e. The van der Waals surface area contributed by atoms with Gasteiger partial charge in [0.2, 0.25) is 0 Å². The minimum Gasteiger partial charge on any atom is -0.497 e. The van der Waals surface area contributed by atoms with E-state index in [2.05, 4.69) is 34.2 Å². The van der Waals surface area contributed by atoms with Crippen LogP contribution in [0.5, 0.6) is 11.5 Å². The predicted molar refractivity (Wildman–Crippen MR) is 71.8 cm³/mol. The summed E-state index contributed by atoms with van der Waals surface area (Å²) < 4.78 is 11.8. The first kappa shape index (κ1) is 12.7. The molecule has 3 nitrogen and oxygen atoms in total. The molecule has 1 aliphatic rings. The second-order valence-corrected chi connectivity index (χ2v) is 5.41. The molecular weight excluding hydrogens is 282 g/mol. The summed E-state index contributed by atoms with van der Waals surface area (Å²) in [5.74, 6) is 1.74. The van der Waals surface area contributed by atoms with Crippen molar-refractivity contribution in [1.29, 1.82) is 0 Å². The van der Waals surface area contributed by atoms with Crippen LogP contribution in [0.1, 0.15) is 25.3 Å². The van der Waals surface area contributed by atoms with Crippen LogP contribution in [0.2, 0.25) is 0 Å². The highest BCUT2D eigenvalue weighted by Gasteiger charge is 2.33. The van der Waals surface area contributed by atoms with Crippen LogP contribution >= 0.6 is 15.9 Å². The lowest BCUT2D eigenvalue weighted by atomic mass is 9.89. The summed E-state index contributed by atoms with van der Waals surface area (Å²) in [7, 11) is 3.39. The quantitative estimate of drug-likeness (QED) is 0.930. The summed E-state index contributed by atoms with van der Waals surface area (Å²) in [6, 6.07) is 3.99. The Labute approximate surface area is 111 Å². The summed E-state index contributed by atoms with van der Waals surface area (Å²) >= 11 is 3.54. The molecule has 1 N–H and O–H groups in total. The van der Waals surface area contributed by atoms with E-state index in [0.717, 1.165) is 34.5 Å². The molecule has 0 aromatic heterocycles. The van der Waals surface area contributed by atoms with E-state index in [1.165, 1.54) is 6.42 Å². The Balaban J connectivity index is 2.53. The predicted octanol–water partition coefficient (Wildman–Crippen LogP) is 3.06. The van der Waals surface area contributed by atoms with Gasteiger partial charge in [0.1, 0.15) is 11.5 Å². The van der Waals surface area contributed by atoms with Crippen LogP contribution in [-0.2, 0) is 5.54 Å². The molecule has 17 heavy (non-hydrogen) atoms.